The van der Waals surface area contributed by atoms with E-state index < -0.39 is 0 Å². The molecule has 3 aliphatic rings. The first kappa shape index (κ1) is 15.3. The molecule has 3 rings (SSSR count). The molecule has 2 N–H and O–H groups in total. The molecule has 1 aliphatic heterocycles. The second kappa shape index (κ2) is 7.59. The Balaban J connectivity index is 1.29. The van der Waals surface area contributed by atoms with E-state index in [9.17, 15) is 4.79 Å². The van der Waals surface area contributed by atoms with Crippen molar-refractivity contribution in [1.82, 2.24) is 15.5 Å². The van der Waals surface area contributed by atoms with Crippen molar-refractivity contribution in [3.63, 3.8) is 0 Å². The summed E-state index contributed by atoms with van der Waals surface area (Å²) in [6, 6.07) is 1.13. The summed E-state index contributed by atoms with van der Waals surface area (Å²) >= 11 is 0. The highest BCUT2D eigenvalue weighted by Gasteiger charge is 2.25. The molecular formula is C17H31N3O. The maximum Gasteiger partial charge on any atom is 0.234 e. The van der Waals surface area contributed by atoms with Crippen LogP contribution in [0.1, 0.15) is 57.8 Å². The fourth-order valence-electron chi connectivity index (χ4n) is 3.67. The smallest absolute Gasteiger partial charge is 0.234 e. The maximum absolute atomic E-state index is 12.1. The van der Waals surface area contributed by atoms with Crippen LogP contribution in [-0.2, 0) is 4.79 Å². The predicted molar refractivity (Wildman–Crippen MR) is 85.2 cm³/mol. The van der Waals surface area contributed by atoms with Crippen LogP contribution in [-0.4, -0.2) is 49.1 Å². The second-order valence-electron chi connectivity index (χ2n) is 7.30. The van der Waals surface area contributed by atoms with Gasteiger partial charge >= 0.3 is 0 Å². The minimum Gasteiger partial charge on any atom is -0.352 e. The average Bonchev–Trinajstić information content (AvgIpc) is 3.32. The molecular weight excluding hydrogens is 262 g/mol. The number of hydrogen-bond donors (Lipinski definition) is 2. The molecule has 2 aliphatic carbocycles. The number of nitrogens with zero attached hydrogens (tertiary/aromatic N) is 1. The lowest BCUT2D eigenvalue weighted by Gasteiger charge is -2.32. The topological polar surface area (TPSA) is 44.4 Å². The van der Waals surface area contributed by atoms with Crippen LogP contribution in [0.25, 0.3) is 0 Å². The molecule has 0 atom stereocenters. The van der Waals surface area contributed by atoms with Gasteiger partial charge in [0.2, 0.25) is 5.91 Å². The molecule has 0 aromatic rings. The van der Waals surface area contributed by atoms with Crippen molar-refractivity contribution in [2.75, 3.05) is 26.2 Å². The highest BCUT2D eigenvalue weighted by atomic mass is 16.2. The van der Waals surface area contributed by atoms with Crippen LogP contribution >= 0.6 is 0 Å². The zero-order valence-electron chi connectivity index (χ0n) is 13.3. The van der Waals surface area contributed by atoms with Gasteiger partial charge in [0.25, 0.3) is 0 Å². The van der Waals surface area contributed by atoms with Crippen molar-refractivity contribution in [3.8, 4) is 0 Å². The highest BCUT2D eigenvalue weighted by molar-refractivity contribution is 5.78. The molecule has 0 aromatic heterocycles. The molecule has 120 valence electrons. The van der Waals surface area contributed by atoms with Crippen molar-refractivity contribution in [2.45, 2.75) is 69.9 Å². The molecule has 0 radical (unpaired) electrons. The number of carbonyl (C=O) groups excluding carboxylic acids is 1. The summed E-state index contributed by atoms with van der Waals surface area (Å²) in [5, 5.41) is 6.93. The van der Waals surface area contributed by atoms with Crippen LogP contribution in [0.4, 0.5) is 0 Å². The van der Waals surface area contributed by atoms with Crippen molar-refractivity contribution in [2.24, 2.45) is 5.92 Å². The molecule has 1 saturated heterocycles. The number of hydrogen-bond acceptors (Lipinski definition) is 3. The molecule has 3 fully saturated rings. The van der Waals surface area contributed by atoms with E-state index in [1.807, 2.05) is 0 Å². The van der Waals surface area contributed by atoms with Crippen LogP contribution in [0.2, 0.25) is 0 Å². The van der Waals surface area contributed by atoms with Crippen LogP contribution < -0.4 is 10.6 Å². The molecule has 1 amide bonds. The molecule has 21 heavy (non-hydrogen) atoms. The average molecular weight is 293 g/mol. The summed E-state index contributed by atoms with van der Waals surface area (Å²) in [5.41, 5.74) is 0. The minimum atomic E-state index is 0.242. The molecule has 4 heteroatoms. The summed E-state index contributed by atoms with van der Waals surface area (Å²) < 4.78 is 0. The SMILES string of the molecule is O=C(CN1CCC(NCC2CC2)CC1)NC1CCCCC1. The maximum atomic E-state index is 12.1. The molecule has 0 bridgehead atoms. The lowest BCUT2D eigenvalue weighted by molar-refractivity contribution is -0.123. The van der Waals surface area contributed by atoms with Crippen LogP contribution in [0.3, 0.4) is 0 Å². The van der Waals surface area contributed by atoms with E-state index in [0.29, 0.717) is 18.6 Å². The van der Waals surface area contributed by atoms with Crippen molar-refractivity contribution in [1.29, 1.82) is 0 Å². The molecule has 2 saturated carbocycles. The van der Waals surface area contributed by atoms with Gasteiger partial charge in [0.05, 0.1) is 6.54 Å². The Morgan fingerprint density at radius 3 is 2.29 bits per heavy atom. The van der Waals surface area contributed by atoms with E-state index in [2.05, 4.69) is 15.5 Å². The van der Waals surface area contributed by atoms with E-state index >= 15 is 0 Å². The predicted octanol–water partition coefficient (Wildman–Crippen LogP) is 1.90. The van der Waals surface area contributed by atoms with Gasteiger partial charge in [0.1, 0.15) is 0 Å². The van der Waals surface area contributed by atoms with Crippen molar-refractivity contribution >= 4 is 5.91 Å². The monoisotopic (exact) mass is 293 g/mol. The fourth-order valence-corrected chi connectivity index (χ4v) is 3.67. The van der Waals surface area contributed by atoms with Crippen LogP contribution in [0.15, 0.2) is 0 Å². The minimum absolute atomic E-state index is 0.242. The highest BCUT2D eigenvalue weighted by Crippen LogP contribution is 2.28. The summed E-state index contributed by atoms with van der Waals surface area (Å²) in [5.74, 6) is 1.20. The summed E-state index contributed by atoms with van der Waals surface area (Å²) in [4.78, 5) is 14.4. The molecule has 1 heterocycles. The van der Waals surface area contributed by atoms with E-state index in [4.69, 9.17) is 0 Å². The first-order valence-corrected chi connectivity index (χ1v) is 9.05. The lowest BCUT2D eigenvalue weighted by Crippen LogP contribution is -2.48. The second-order valence-corrected chi connectivity index (χ2v) is 7.30. The van der Waals surface area contributed by atoms with Gasteiger partial charge in [-0.05, 0) is 51.0 Å². The third-order valence-electron chi connectivity index (χ3n) is 5.32. The molecule has 0 unspecified atom stereocenters. The molecule has 4 nitrogen and oxygen atoms in total. The quantitative estimate of drug-likeness (QED) is 0.786. The van der Waals surface area contributed by atoms with Gasteiger partial charge in [-0.1, -0.05) is 19.3 Å². The standard InChI is InChI=1S/C17H31N3O/c21-17(19-16-4-2-1-3-5-16)13-20-10-8-15(9-11-20)18-12-14-6-7-14/h14-16,18H,1-13H2,(H,19,21). The van der Waals surface area contributed by atoms with E-state index in [1.165, 1.54) is 64.3 Å². The Morgan fingerprint density at radius 2 is 1.62 bits per heavy atom. The van der Waals surface area contributed by atoms with E-state index in [1.54, 1.807) is 0 Å². The summed E-state index contributed by atoms with van der Waals surface area (Å²) in [7, 11) is 0. The largest absolute Gasteiger partial charge is 0.352 e. The Bertz CT molecular complexity index is 329. The van der Waals surface area contributed by atoms with Gasteiger partial charge in [0, 0.05) is 25.2 Å². The van der Waals surface area contributed by atoms with Gasteiger partial charge in [-0.3, -0.25) is 9.69 Å². The Hall–Kier alpha value is -0.610. The van der Waals surface area contributed by atoms with Crippen LogP contribution in [0.5, 0.6) is 0 Å². The van der Waals surface area contributed by atoms with Gasteiger partial charge < -0.3 is 10.6 Å². The number of piperidine rings is 1. The van der Waals surface area contributed by atoms with Crippen LogP contribution in [0, 0.1) is 5.92 Å². The summed E-state index contributed by atoms with van der Waals surface area (Å²) in [6.45, 7) is 3.96. The Labute approximate surface area is 129 Å². The van der Waals surface area contributed by atoms with Crippen molar-refractivity contribution in [3.05, 3.63) is 0 Å². The van der Waals surface area contributed by atoms with E-state index in [-0.39, 0.29) is 5.91 Å². The number of likely N-dealkylation sites (tertiary alicyclic amines) is 1. The van der Waals surface area contributed by atoms with E-state index in [0.717, 1.165) is 19.0 Å². The first-order chi connectivity index (χ1) is 10.3. The number of carbonyl (C=O) groups is 1. The normalized spacial score (nSPS) is 25.9. The zero-order chi connectivity index (χ0) is 14.5. The Morgan fingerprint density at radius 1 is 0.905 bits per heavy atom. The number of amides is 1. The fraction of sp³-hybridized carbons (Fsp3) is 0.941. The molecule has 0 spiro atoms. The summed E-state index contributed by atoms with van der Waals surface area (Å²) in [6.07, 6.45) is 11.5. The van der Waals surface area contributed by atoms with Gasteiger partial charge in [-0.15, -0.1) is 0 Å². The molecule has 0 aromatic carbocycles. The Kier molecular flexibility index (Phi) is 5.53. The third-order valence-corrected chi connectivity index (χ3v) is 5.32. The first-order valence-electron chi connectivity index (χ1n) is 9.05. The van der Waals surface area contributed by atoms with Gasteiger partial charge in [-0.2, -0.15) is 0 Å². The number of nitrogens with one attached hydrogen (secondary N) is 2. The van der Waals surface area contributed by atoms with Crippen molar-refractivity contribution < 1.29 is 4.79 Å². The third kappa shape index (κ3) is 5.26. The zero-order valence-corrected chi connectivity index (χ0v) is 13.3. The lowest BCUT2D eigenvalue weighted by atomic mass is 9.95. The van der Waals surface area contributed by atoms with Gasteiger partial charge in [-0.25, -0.2) is 0 Å². The van der Waals surface area contributed by atoms with Gasteiger partial charge in [0.15, 0.2) is 0 Å². The number of rotatable bonds is 6.